The van der Waals surface area contributed by atoms with Crippen molar-refractivity contribution in [1.29, 1.82) is 0 Å². The molecule has 3 rings (SSSR count). The van der Waals surface area contributed by atoms with Gasteiger partial charge in [0.1, 0.15) is 0 Å². The fourth-order valence-corrected chi connectivity index (χ4v) is 3.61. The van der Waals surface area contributed by atoms with E-state index in [1.54, 1.807) is 16.0 Å². The van der Waals surface area contributed by atoms with Gasteiger partial charge in [-0.05, 0) is 43.3 Å². The highest BCUT2D eigenvalue weighted by Crippen LogP contribution is 2.26. The van der Waals surface area contributed by atoms with E-state index in [1.165, 1.54) is 0 Å². The van der Waals surface area contributed by atoms with Gasteiger partial charge in [-0.3, -0.25) is 4.79 Å². The number of unbranched alkanes of at least 4 members (excludes halogenated alkanes) is 1. The first-order valence-corrected chi connectivity index (χ1v) is 10.4. The Morgan fingerprint density at radius 3 is 2.59 bits per heavy atom. The fraction of sp³-hybridized carbons (Fsp3) is 0.381. The molecule has 0 saturated heterocycles. The first-order chi connectivity index (χ1) is 13.2. The van der Waals surface area contributed by atoms with E-state index in [1.807, 2.05) is 52.7 Å². The fourth-order valence-electron chi connectivity index (χ4n) is 2.92. The lowest BCUT2D eigenvalue weighted by Gasteiger charge is -2.27. The molecule has 3 aromatic rings. The summed E-state index contributed by atoms with van der Waals surface area (Å²) in [6.45, 7) is 7.06. The average Bonchev–Trinajstić information content (AvgIpc) is 3.38. The number of carbonyl (C=O) groups excluding carboxylic acids is 1. The number of nitrogens with zero attached hydrogens (tertiary/aromatic N) is 4. The Kier molecular flexibility index (Phi) is 6.40. The van der Waals surface area contributed by atoms with Crippen LogP contribution in [0.2, 0.25) is 0 Å². The van der Waals surface area contributed by atoms with Crippen LogP contribution >= 0.6 is 11.3 Å². The molecule has 2 aromatic heterocycles. The summed E-state index contributed by atoms with van der Waals surface area (Å²) in [5, 5.41) is 6.61. The molecule has 1 atom stereocenters. The van der Waals surface area contributed by atoms with Crippen LogP contribution in [0.5, 0.6) is 0 Å². The Hall–Kier alpha value is -2.47. The number of hydrogen-bond donors (Lipinski definition) is 0. The highest BCUT2D eigenvalue weighted by atomic mass is 32.1. The van der Waals surface area contributed by atoms with Crippen molar-refractivity contribution in [3.63, 3.8) is 0 Å². The summed E-state index contributed by atoms with van der Waals surface area (Å²) in [4.78, 5) is 20.8. The highest BCUT2D eigenvalue weighted by Gasteiger charge is 2.26. The average molecular weight is 383 g/mol. The first-order valence-electron chi connectivity index (χ1n) is 9.53. The van der Waals surface area contributed by atoms with Crippen LogP contribution in [0.3, 0.4) is 0 Å². The number of amides is 1. The van der Waals surface area contributed by atoms with E-state index >= 15 is 0 Å². The zero-order valence-corrected chi connectivity index (χ0v) is 16.9. The van der Waals surface area contributed by atoms with Crippen molar-refractivity contribution in [3.05, 3.63) is 53.7 Å². The predicted octanol–water partition coefficient (Wildman–Crippen LogP) is 5.04. The molecule has 27 heavy (non-hydrogen) atoms. The zero-order valence-electron chi connectivity index (χ0n) is 16.1. The van der Waals surface area contributed by atoms with E-state index in [2.05, 4.69) is 30.9 Å². The minimum atomic E-state index is -0.0923. The second-order valence-corrected chi connectivity index (χ2v) is 7.54. The van der Waals surface area contributed by atoms with E-state index in [0.717, 1.165) is 36.4 Å². The molecule has 0 radical (unpaired) electrons. The summed E-state index contributed by atoms with van der Waals surface area (Å²) in [6.07, 6.45) is 2.94. The van der Waals surface area contributed by atoms with Gasteiger partial charge in [-0.2, -0.15) is 0 Å². The van der Waals surface area contributed by atoms with Gasteiger partial charge >= 0.3 is 0 Å². The van der Waals surface area contributed by atoms with Gasteiger partial charge in [0.15, 0.2) is 5.82 Å². The minimum absolute atomic E-state index is 0.0923. The van der Waals surface area contributed by atoms with Crippen LogP contribution in [-0.2, 0) is 0 Å². The molecule has 0 aliphatic heterocycles. The van der Waals surface area contributed by atoms with Crippen LogP contribution in [0, 0.1) is 0 Å². The molecular formula is C21H26N4OS. The molecule has 1 aromatic carbocycles. The summed E-state index contributed by atoms with van der Waals surface area (Å²) in [5.74, 6) is 0.878. The summed E-state index contributed by atoms with van der Waals surface area (Å²) >= 11 is 1.59. The van der Waals surface area contributed by atoms with Crippen LogP contribution in [0.1, 0.15) is 50.7 Å². The third-order valence-electron chi connectivity index (χ3n) is 4.68. The maximum Gasteiger partial charge on any atom is 0.293 e. The van der Waals surface area contributed by atoms with Crippen LogP contribution in [0.15, 0.2) is 47.8 Å². The number of para-hydroxylation sites is 1. The number of thiophene rings is 1. The number of hydrogen-bond acceptors (Lipinski definition) is 4. The molecule has 1 unspecified atom stereocenters. The number of carbonyl (C=O) groups is 1. The molecule has 142 valence electrons. The number of benzene rings is 1. The Labute approximate surface area is 164 Å². The van der Waals surface area contributed by atoms with Crippen LogP contribution in [0.25, 0.3) is 16.4 Å². The standard InChI is InChI=1S/C21H26N4OS/c1-4-6-14-24(16(3)5-2)21(26)19-22-20(18-13-10-15-27-18)25(23-19)17-11-8-7-9-12-17/h7-13,15-16H,4-6,14H2,1-3H3. The van der Waals surface area contributed by atoms with Crippen molar-refractivity contribution in [2.24, 2.45) is 0 Å². The second-order valence-electron chi connectivity index (χ2n) is 6.59. The molecule has 0 saturated carbocycles. The van der Waals surface area contributed by atoms with Gasteiger partial charge in [0.05, 0.1) is 10.6 Å². The summed E-state index contributed by atoms with van der Waals surface area (Å²) in [5.41, 5.74) is 0.899. The van der Waals surface area contributed by atoms with Crippen LogP contribution < -0.4 is 0 Å². The van der Waals surface area contributed by atoms with Gasteiger partial charge in [0, 0.05) is 12.6 Å². The van der Waals surface area contributed by atoms with Gasteiger partial charge in [0.2, 0.25) is 5.82 Å². The third-order valence-corrected chi connectivity index (χ3v) is 5.54. The van der Waals surface area contributed by atoms with E-state index in [-0.39, 0.29) is 17.8 Å². The van der Waals surface area contributed by atoms with Crippen LogP contribution in [-0.4, -0.2) is 38.2 Å². The van der Waals surface area contributed by atoms with Crippen molar-refractivity contribution in [3.8, 4) is 16.4 Å². The molecule has 0 N–H and O–H groups in total. The Balaban J connectivity index is 2.02. The van der Waals surface area contributed by atoms with Crippen molar-refractivity contribution in [2.75, 3.05) is 6.54 Å². The maximum atomic E-state index is 13.2. The van der Waals surface area contributed by atoms with E-state index in [9.17, 15) is 4.79 Å². The summed E-state index contributed by atoms with van der Waals surface area (Å²) < 4.78 is 1.77. The van der Waals surface area contributed by atoms with Crippen molar-refractivity contribution in [1.82, 2.24) is 19.7 Å². The first kappa shape index (κ1) is 19.3. The largest absolute Gasteiger partial charge is 0.333 e. The van der Waals surface area contributed by atoms with Gasteiger partial charge in [-0.15, -0.1) is 16.4 Å². The summed E-state index contributed by atoms with van der Waals surface area (Å²) in [7, 11) is 0. The van der Waals surface area contributed by atoms with Crippen molar-refractivity contribution < 1.29 is 4.79 Å². The molecule has 0 fully saturated rings. The van der Waals surface area contributed by atoms with Gasteiger partial charge < -0.3 is 4.90 Å². The van der Waals surface area contributed by atoms with E-state index in [0.29, 0.717) is 5.82 Å². The van der Waals surface area contributed by atoms with E-state index in [4.69, 9.17) is 0 Å². The van der Waals surface area contributed by atoms with Crippen molar-refractivity contribution in [2.45, 2.75) is 46.1 Å². The monoisotopic (exact) mass is 382 g/mol. The van der Waals surface area contributed by atoms with Crippen LogP contribution in [0.4, 0.5) is 0 Å². The normalized spacial score (nSPS) is 12.1. The maximum absolute atomic E-state index is 13.2. The number of rotatable bonds is 8. The molecule has 0 spiro atoms. The minimum Gasteiger partial charge on any atom is -0.333 e. The lowest BCUT2D eigenvalue weighted by molar-refractivity contribution is 0.0673. The molecule has 0 aliphatic rings. The smallest absolute Gasteiger partial charge is 0.293 e. The molecular weight excluding hydrogens is 356 g/mol. The Morgan fingerprint density at radius 1 is 1.19 bits per heavy atom. The van der Waals surface area contributed by atoms with Gasteiger partial charge in [0.25, 0.3) is 5.91 Å². The second kappa shape index (κ2) is 8.95. The Bertz CT molecular complexity index is 858. The third kappa shape index (κ3) is 4.27. The molecule has 0 bridgehead atoms. The molecule has 6 heteroatoms. The highest BCUT2D eigenvalue weighted by molar-refractivity contribution is 7.13. The summed E-state index contributed by atoms with van der Waals surface area (Å²) in [6, 6.07) is 14.0. The quantitative estimate of drug-likeness (QED) is 0.548. The van der Waals surface area contributed by atoms with E-state index < -0.39 is 0 Å². The lowest BCUT2D eigenvalue weighted by atomic mass is 10.2. The number of aromatic nitrogens is 3. The predicted molar refractivity (Wildman–Crippen MR) is 110 cm³/mol. The van der Waals surface area contributed by atoms with Gasteiger partial charge in [-0.1, -0.05) is 44.5 Å². The Morgan fingerprint density at radius 2 is 1.96 bits per heavy atom. The van der Waals surface area contributed by atoms with Gasteiger partial charge in [-0.25, -0.2) is 9.67 Å². The topological polar surface area (TPSA) is 51.0 Å². The lowest BCUT2D eigenvalue weighted by Crippen LogP contribution is -2.39. The molecule has 5 nitrogen and oxygen atoms in total. The molecule has 1 amide bonds. The SMILES string of the molecule is CCCCN(C(=O)c1nc(-c2cccs2)n(-c2ccccc2)n1)C(C)CC. The zero-order chi connectivity index (χ0) is 19.2. The molecule has 0 aliphatic carbocycles. The van der Waals surface area contributed by atoms with Crippen molar-refractivity contribution >= 4 is 17.2 Å². The molecule has 2 heterocycles.